The molecule has 3 rings (SSSR count). The van der Waals surface area contributed by atoms with Gasteiger partial charge < -0.3 is 15.4 Å². The summed E-state index contributed by atoms with van der Waals surface area (Å²) in [6.07, 6.45) is 2.33. The van der Waals surface area contributed by atoms with Gasteiger partial charge >= 0.3 is 0 Å². The Labute approximate surface area is 162 Å². The number of likely N-dealkylation sites (tertiary alicyclic amines) is 1. The van der Waals surface area contributed by atoms with Gasteiger partial charge in [-0.25, -0.2) is 0 Å². The van der Waals surface area contributed by atoms with Crippen LogP contribution < -0.4 is 10.5 Å². The molecule has 0 radical (unpaired) electrons. The Morgan fingerprint density at radius 1 is 1.07 bits per heavy atom. The molecule has 27 heavy (non-hydrogen) atoms. The van der Waals surface area contributed by atoms with E-state index in [-0.39, 0.29) is 5.84 Å². The fourth-order valence-corrected chi connectivity index (χ4v) is 3.17. The van der Waals surface area contributed by atoms with E-state index in [0.717, 1.165) is 35.7 Å². The first-order valence-corrected chi connectivity index (χ1v) is 9.14. The standard InChI is InChI=1S/C21H23NO.C2H6N2/c1-16(2)20-13-9-15-22(20)17(3)19-12-7-8-14-21(19)23-18-10-5-4-6-11-18;1-2(3)4/h4-8,10-12,14,20H,1,3,9,13,15H2,2H3;1H3,(H3,3,4). The fourth-order valence-electron chi connectivity index (χ4n) is 3.17. The molecule has 1 aliphatic rings. The van der Waals surface area contributed by atoms with Crippen molar-refractivity contribution in [1.29, 1.82) is 5.41 Å². The fraction of sp³-hybridized carbons (Fsp3) is 0.261. The molecule has 1 heterocycles. The number of nitrogens with two attached hydrogens (primary N) is 1. The summed E-state index contributed by atoms with van der Waals surface area (Å²) in [6, 6.07) is 18.4. The summed E-state index contributed by atoms with van der Waals surface area (Å²) in [5.74, 6) is 1.85. The highest BCUT2D eigenvalue weighted by atomic mass is 16.5. The molecule has 0 aliphatic carbocycles. The monoisotopic (exact) mass is 363 g/mol. The van der Waals surface area contributed by atoms with Gasteiger partial charge in [-0.3, -0.25) is 5.41 Å². The molecule has 0 bridgehead atoms. The summed E-state index contributed by atoms with van der Waals surface area (Å²) in [5.41, 5.74) is 7.96. The zero-order chi connectivity index (χ0) is 19.8. The van der Waals surface area contributed by atoms with Crippen LogP contribution in [-0.2, 0) is 0 Å². The van der Waals surface area contributed by atoms with E-state index in [1.165, 1.54) is 18.9 Å². The average molecular weight is 364 g/mol. The Hall–Kier alpha value is -3.01. The summed E-state index contributed by atoms with van der Waals surface area (Å²) in [4.78, 5) is 2.36. The summed E-state index contributed by atoms with van der Waals surface area (Å²) in [5, 5.41) is 6.28. The summed E-state index contributed by atoms with van der Waals surface area (Å²) < 4.78 is 6.08. The number of ether oxygens (including phenoxy) is 1. The van der Waals surface area contributed by atoms with E-state index >= 15 is 0 Å². The van der Waals surface area contributed by atoms with Gasteiger partial charge in [0.25, 0.3) is 0 Å². The largest absolute Gasteiger partial charge is 0.457 e. The summed E-state index contributed by atoms with van der Waals surface area (Å²) in [7, 11) is 0. The van der Waals surface area contributed by atoms with Gasteiger partial charge in [-0.05, 0) is 51.0 Å². The average Bonchev–Trinajstić information content (AvgIpc) is 3.12. The Morgan fingerprint density at radius 2 is 1.67 bits per heavy atom. The van der Waals surface area contributed by atoms with Crippen LogP contribution in [0.5, 0.6) is 11.5 Å². The molecule has 0 saturated carbocycles. The van der Waals surface area contributed by atoms with Crippen LogP contribution in [0.3, 0.4) is 0 Å². The van der Waals surface area contributed by atoms with Crippen molar-refractivity contribution in [2.45, 2.75) is 32.7 Å². The molecule has 4 heteroatoms. The third kappa shape index (κ3) is 5.74. The van der Waals surface area contributed by atoms with Gasteiger partial charge in [0, 0.05) is 23.8 Å². The van der Waals surface area contributed by atoms with E-state index in [1.54, 1.807) is 0 Å². The van der Waals surface area contributed by atoms with Crippen LogP contribution in [0.15, 0.2) is 73.3 Å². The first kappa shape index (κ1) is 20.3. The zero-order valence-electron chi connectivity index (χ0n) is 16.2. The quantitative estimate of drug-likeness (QED) is 0.423. The lowest BCUT2D eigenvalue weighted by atomic mass is 10.1. The highest BCUT2D eigenvalue weighted by molar-refractivity contribution is 5.73. The second-order valence-electron chi connectivity index (χ2n) is 6.74. The molecular weight excluding hydrogens is 334 g/mol. The maximum Gasteiger partial charge on any atom is 0.136 e. The second-order valence-corrected chi connectivity index (χ2v) is 6.74. The molecule has 1 saturated heterocycles. The minimum Gasteiger partial charge on any atom is -0.457 e. The maximum absolute atomic E-state index is 6.28. The number of rotatable bonds is 5. The van der Waals surface area contributed by atoms with Crippen molar-refractivity contribution in [3.05, 3.63) is 78.9 Å². The minimum absolute atomic E-state index is 0.167. The number of amidine groups is 1. The van der Waals surface area contributed by atoms with Gasteiger partial charge in [-0.2, -0.15) is 0 Å². The van der Waals surface area contributed by atoms with Crippen LogP contribution in [0.2, 0.25) is 0 Å². The van der Waals surface area contributed by atoms with Crippen molar-refractivity contribution >= 4 is 11.5 Å². The minimum atomic E-state index is 0.167. The van der Waals surface area contributed by atoms with Crippen LogP contribution in [0.1, 0.15) is 32.3 Å². The van der Waals surface area contributed by atoms with Gasteiger partial charge in [-0.15, -0.1) is 0 Å². The van der Waals surface area contributed by atoms with Gasteiger partial charge in [0.2, 0.25) is 0 Å². The van der Waals surface area contributed by atoms with Crippen molar-refractivity contribution in [2.24, 2.45) is 5.73 Å². The second kappa shape index (κ2) is 9.62. The number of nitrogens with one attached hydrogen (secondary N) is 1. The normalized spacial score (nSPS) is 15.5. The van der Waals surface area contributed by atoms with E-state index < -0.39 is 0 Å². The lowest BCUT2D eigenvalue weighted by Crippen LogP contribution is -2.28. The third-order valence-electron chi connectivity index (χ3n) is 4.34. The summed E-state index contributed by atoms with van der Waals surface area (Å²) in [6.45, 7) is 13.1. The first-order chi connectivity index (χ1) is 12.9. The Bertz CT molecular complexity index is 794. The maximum atomic E-state index is 6.28. The highest BCUT2D eigenvalue weighted by Crippen LogP contribution is 2.36. The number of para-hydroxylation sites is 2. The molecule has 142 valence electrons. The van der Waals surface area contributed by atoms with E-state index in [1.807, 2.05) is 48.5 Å². The third-order valence-corrected chi connectivity index (χ3v) is 4.34. The molecule has 1 atom stereocenters. The lowest BCUT2D eigenvalue weighted by Gasteiger charge is -2.30. The van der Waals surface area contributed by atoms with Crippen molar-refractivity contribution in [3.63, 3.8) is 0 Å². The first-order valence-electron chi connectivity index (χ1n) is 9.14. The van der Waals surface area contributed by atoms with E-state index in [0.29, 0.717) is 6.04 Å². The van der Waals surface area contributed by atoms with Crippen LogP contribution >= 0.6 is 0 Å². The molecule has 1 fully saturated rings. The van der Waals surface area contributed by atoms with Crippen molar-refractivity contribution < 1.29 is 4.74 Å². The van der Waals surface area contributed by atoms with Gasteiger partial charge in [0.15, 0.2) is 0 Å². The number of nitrogens with zero attached hydrogens (tertiary/aromatic N) is 1. The number of benzene rings is 2. The van der Waals surface area contributed by atoms with E-state index in [9.17, 15) is 0 Å². The number of hydrogen-bond donors (Lipinski definition) is 2. The molecule has 2 aromatic rings. The van der Waals surface area contributed by atoms with Gasteiger partial charge in [0.1, 0.15) is 11.5 Å². The molecule has 3 N–H and O–H groups in total. The Kier molecular flexibility index (Phi) is 7.24. The molecule has 0 aromatic heterocycles. The van der Waals surface area contributed by atoms with Crippen LogP contribution in [0.4, 0.5) is 0 Å². The van der Waals surface area contributed by atoms with Gasteiger partial charge in [-0.1, -0.05) is 49.1 Å². The summed E-state index contributed by atoms with van der Waals surface area (Å²) >= 11 is 0. The van der Waals surface area contributed by atoms with Crippen LogP contribution in [-0.4, -0.2) is 23.3 Å². The highest BCUT2D eigenvalue weighted by Gasteiger charge is 2.27. The predicted octanol–water partition coefficient (Wildman–Crippen LogP) is 5.43. The predicted molar refractivity (Wildman–Crippen MR) is 114 cm³/mol. The topological polar surface area (TPSA) is 62.3 Å². The van der Waals surface area contributed by atoms with Crippen molar-refractivity contribution in [1.82, 2.24) is 4.90 Å². The zero-order valence-corrected chi connectivity index (χ0v) is 16.2. The van der Waals surface area contributed by atoms with Gasteiger partial charge in [0.05, 0.1) is 5.84 Å². The molecule has 1 aliphatic heterocycles. The van der Waals surface area contributed by atoms with E-state index in [4.69, 9.17) is 15.9 Å². The van der Waals surface area contributed by atoms with Crippen LogP contribution in [0, 0.1) is 5.41 Å². The lowest BCUT2D eigenvalue weighted by molar-refractivity contribution is 0.406. The Morgan fingerprint density at radius 3 is 2.30 bits per heavy atom. The molecular formula is C23H29N3O. The molecule has 1 unspecified atom stereocenters. The SMILES string of the molecule is C=C(C)C1CCCN1C(=C)c1ccccc1Oc1ccccc1.CC(=N)N. The van der Waals surface area contributed by atoms with E-state index in [2.05, 4.69) is 31.0 Å². The van der Waals surface area contributed by atoms with Crippen LogP contribution in [0.25, 0.3) is 5.70 Å². The smallest absolute Gasteiger partial charge is 0.136 e. The molecule has 0 amide bonds. The molecule has 2 aromatic carbocycles. The van der Waals surface area contributed by atoms with Crippen molar-refractivity contribution in [3.8, 4) is 11.5 Å². The molecule has 0 spiro atoms. The molecule has 4 nitrogen and oxygen atoms in total. The number of hydrogen-bond acceptors (Lipinski definition) is 3. The van der Waals surface area contributed by atoms with Crippen molar-refractivity contribution in [2.75, 3.05) is 6.54 Å². The Balaban J connectivity index is 0.000000596.